The number of ether oxygens (including phenoxy) is 2. The third-order valence-electron chi connectivity index (χ3n) is 6.96. The van der Waals surface area contributed by atoms with Crippen LogP contribution >= 0.6 is 0 Å². The summed E-state index contributed by atoms with van der Waals surface area (Å²) in [7, 11) is 1.55. The molecule has 0 radical (unpaired) electrons. The lowest BCUT2D eigenvalue weighted by atomic mass is 9.81. The van der Waals surface area contributed by atoms with E-state index in [1.54, 1.807) is 60.5 Å². The van der Waals surface area contributed by atoms with Gasteiger partial charge in [-0.2, -0.15) is 0 Å². The summed E-state index contributed by atoms with van der Waals surface area (Å²) < 4.78 is 10.8. The van der Waals surface area contributed by atoms with Crippen molar-refractivity contribution in [2.75, 3.05) is 23.5 Å². The minimum atomic E-state index is -0.625. The van der Waals surface area contributed by atoms with Gasteiger partial charge in [0, 0.05) is 30.8 Å². The molecule has 2 aromatic carbocycles. The lowest BCUT2D eigenvalue weighted by Gasteiger charge is -2.19. The third-order valence-corrected chi connectivity index (χ3v) is 6.96. The van der Waals surface area contributed by atoms with Crippen molar-refractivity contribution in [1.29, 1.82) is 0 Å². The van der Waals surface area contributed by atoms with Crippen LogP contribution in [0.25, 0.3) is 0 Å². The lowest BCUT2D eigenvalue weighted by molar-refractivity contribution is -0.139. The molecule has 3 atom stereocenters. The smallest absolute Gasteiger partial charge is 0.316 e. The molecular formula is C26H26N2O6. The highest BCUT2D eigenvalue weighted by atomic mass is 16.5. The van der Waals surface area contributed by atoms with Crippen LogP contribution in [0.15, 0.2) is 48.5 Å². The first-order chi connectivity index (χ1) is 16.5. The van der Waals surface area contributed by atoms with Crippen LogP contribution in [0, 0.1) is 17.8 Å². The zero-order chi connectivity index (χ0) is 23.8. The fourth-order valence-corrected chi connectivity index (χ4v) is 5.20. The Kier molecular flexibility index (Phi) is 5.81. The van der Waals surface area contributed by atoms with Crippen molar-refractivity contribution in [1.82, 2.24) is 0 Å². The van der Waals surface area contributed by atoms with Gasteiger partial charge in [-0.15, -0.1) is 0 Å². The molecule has 0 spiro atoms. The summed E-state index contributed by atoms with van der Waals surface area (Å²) in [5.74, 6) is -1.30. The van der Waals surface area contributed by atoms with Crippen molar-refractivity contribution in [3.63, 3.8) is 0 Å². The molecule has 5 rings (SSSR count). The van der Waals surface area contributed by atoms with Crippen molar-refractivity contribution >= 4 is 35.1 Å². The standard InChI is InChI=1S/C26H26N2O6/c1-33-19-8-4-6-17(13-19)27-15-16(12-23(27)29)26(32)34-20-9-5-7-18(14-20)28-24(30)21-10-2-3-11-22(21)25(28)31/h4-9,13-14,16,21-22H,2-3,10-12,15H2,1H3. The highest BCUT2D eigenvalue weighted by molar-refractivity contribution is 6.22. The van der Waals surface area contributed by atoms with Gasteiger partial charge in [-0.3, -0.25) is 19.2 Å². The van der Waals surface area contributed by atoms with Gasteiger partial charge >= 0.3 is 5.97 Å². The SMILES string of the molecule is COc1cccc(N2CC(C(=O)Oc3cccc(N4C(=O)C5CCCCC5C4=O)c3)CC2=O)c1. The number of hydrogen-bond donors (Lipinski definition) is 0. The van der Waals surface area contributed by atoms with E-state index in [0.717, 1.165) is 25.7 Å². The molecule has 1 saturated carbocycles. The molecule has 2 aliphatic heterocycles. The summed E-state index contributed by atoms with van der Waals surface area (Å²) in [5.41, 5.74) is 1.07. The van der Waals surface area contributed by atoms with Gasteiger partial charge in [0.1, 0.15) is 11.5 Å². The minimum absolute atomic E-state index is 0.0438. The lowest BCUT2D eigenvalue weighted by Crippen LogP contribution is -2.31. The molecule has 34 heavy (non-hydrogen) atoms. The fraction of sp³-hybridized carbons (Fsp3) is 0.385. The van der Waals surface area contributed by atoms with Gasteiger partial charge in [-0.1, -0.05) is 25.0 Å². The molecule has 8 nitrogen and oxygen atoms in total. The van der Waals surface area contributed by atoms with E-state index >= 15 is 0 Å². The first-order valence-electron chi connectivity index (χ1n) is 11.6. The van der Waals surface area contributed by atoms with Crippen molar-refractivity contribution in [2.24, 2.45) is 17.8 Å². The number of esters is 1. The van der Waals surface area contributed by atoms with Gasteiger partial charge in [0.15, 0.2) is 0 Å². The predicted molar refractivity (Wildman–Crippen MR) is 123 cm³/mol. The van der Waals surface area contributed by atoms with E-state index in [4.69, 9.17) is 9.47 Å². The maximum atomic E-state index is 12.9. The average Bonchev–Trinajstić information content (AvgIpc) is 3.37. The number of carbonyl (C=O) groups excluding carboxylic acids is 4. The molecule has 1 aliphatic carbocycles. The maximum Gasteiger partial charge on any atom is 0.316 e. The Hall–Kier alpha value is -3.68. The Bertz CT molecular complexity index is 1140. The van der Waals surface area contributed by atoms with E-state index in [9.17, 15) is 19.2 Å². The van der Waals surface area contributed by atoms with E-state index < -0.39 is 11.9 Å². The van der Waals surface area contributed by atoms with Crippen molar-refractivity contribution in [3.05, 3.63) is 48.5 Å². The number of nitrogens with zero attached hydrogens (tertiary/aromatic N) is 2. The van der Waals surface area contributed by atoms with Gasteiger partial charge in [0.05, 0.1) is 30.6 Å². The molecule has 0 aromatic heterocycles. The molecular weight excluding hydrogens is 436 g/mol. The number of amides is 3. The molecule has 8 heteroatoms. The van der Waals surface area contributed by atoms with E-state index in [1.165, 1.54) is 4.90 Å². The van der Waals surface area contributed by atoms with Crippen molar-refractivity contribution < 1.29 is 28.7 Å². The average molecular weight is 463 g/mol. The number of anilines is 2. The van der Waals surface area contributed by atoms with Crippen LogP contribution in [0.1, 0.15) is 32.1 Å². The van der Waals surface area contributed by atoms with Crippen LogP contribution in [0.2, 0.25) is 0 Å². The second-order valence-electron chi connectivity index (χ2n) is 9.03. The molecule has 0 bridgehead atoms. The summed E-state index contributed by atoms with van der Waals surface area (Å²) in [6.45, 7) is 0.205. The first kappa shape index (κ1) is 22.1. The Labute approximate surface area is 197 Å². The van der Waals surface area contributed by atoms with Crippen molar-refractivity contribution in [2.45, 2.75) is 32.1 Å². The summed E-state index contributed by atoms with van der Waals surface area (Å²) in [6.07, 6.45) is 3.43. The summed E-state index contributed by atoms with van der Waals surface area (Å²) in [5, 5.41) is 0. The second kappa shape index (κ2) is 8.93. The van der Waals surface area contributed by atoms with Crippen LogP contribution < -0.4 is 19.3 Å². The zero-order valence-electron chi connectivity index (χ0n) is 18.9. The third kappa shape index (κ3) is 3.93. The van der Waals surface area contributed by atoms with Crippen LogP contribution in [0.5, 0.6) is 11.5 Å². The van der Waals surface area contributed by atoms with Gasteiger partial charge in [-0.05, 0) is 37.1 Å². The normalized spacial score (nSPS) is 24.4. The molecule has 3 fully saturated rings. The summed E-state index contributed by atoms with van der Waals surface area (Å²) >= 11 is 0. The second-order valence-corrected chi connectivity index (χ2v) is 9.03. The molecule has 176 valence electrons. The Balaban J connectivity index is 1.29. The van der Waals surface area contributed by atoms with E-state index in [-0.39, 0.29) is 48.3 Å². The van der Waals surface area contributed by atoms with Crippen LogP contribution in [0.3, 0.4) is 0 Å². The zero-order valence-corrected chi connectivity index (χ0v) is 18.9. The van der Waals surface area contributed by atoms with Crippen molar-refractivity contribution in [3.8, 4) is 11.5 Å². The monoisotopic (exact) mass is 462 g/mol. The molecule has 2 saturated heterocycles. The van der Waals surface area contributed by atoms with Gasteiger partial charge < -0.3 is 14.4 Å². The van der Waals surface area contributed by atoms with Gasteiger partial charge in [-0.25, -0.2) is 4.90 Å². The molecule has 2 aromatic rings. The first-order valence-corrected chi connectivity index (χ1v) is 11.6. The number of methoxy groups -OCH3 is 1. The molecule has 3 aliphatic rings. The van der Waals surface area contributed by atoms with Crippen LogP contribution in [-0.4, -0.2) is 37.3 Å². The highest BCUT2D eigenvalue weighted by Gasteiger charge is 2.48. The van der Waals surface area contributed by atoms with Gasteiger partial charge in [0.25, 0.3) is 0 Å². The Morgan fingerprint density at radius 3 is 2.18 bits per heavy atom. The maximum absolute atomic E-state index is 12.9. The van der Waals surface area contributed by atoms with E-state index in [0.29, 0.717) is 17.1 Å². The highest BCUT2D eigenvalue weighted by Crippen LogP contribution is 2.40. The number of rotatable bonds is 5. The quantitative estimate of drug-likeness (QED) is 0.384. The fourth-order valence-electron chi connectivity index (χ4n) is 5.20. The Morgan fingerprint density at radius 1 is 0.882 bits per heavy atom. The van der Waals surface area contributed by atoms with Crippen LogP contribution in [-0.2, 0) is 19.2 Å². The number of benzene rings is 2. The molecule has 3 unspecified atom stereocenters. The van der Waals surface area contributed by atoms with Crippen LogP contribution in [0.4, 0.5) is 11.4 Å². The number of imide groups is 1. The van der Waals surface area contributed by atoms with E-state index in [1.807, 2.05) is 0 Å². The summed E-state index contributed by atoms with van der Waals surface area (Å²) in [6, 6.07) is 13.6. The van der Waals surface area contributed by atoms with Gasteiger partial charge in [0.2, 0.25) is 17.7 Å². The number of hydrogen-bond acceptors (Lipinski definition) is 6. The number of carbonyl (C=O) groups is 4. The minimum Gasteiger partial charge on any atom is -0.497 e. The molecule has 2 heterocycles. The largest absolute Gasteiger partial charge is 0.497 e. The summed E-state index contributed by atoms with van der Waals surface area (Å²) in [4.78, 5) is 54.0. The number of fused-ring (bicyclic) bond motifs is 1. The molecule has 3 amide bonds. The predicted octanol–water partition coefficient (Wildman–Crippen LogP) is 3.33. The topological polar surface area (TPSA) is 93.2 Å². The van der Waals surface area contributed by atoms with E-state index in [2.05, 4.69) is 0 Å². The Morgan fingerprint density at radius 2 is 1.50 bits per heavy atom. The molecule has 0 N–H and O–H groups in total.